The maximum atomic E-state index is 5.73. The largest absolute Gasteiger partial charge is 0.382 e. The quantitative estimate of drug-likeness (QED) is 0.770. The lowest BCUT2D eigenvalue weighted by atomic mass is 9.84. The molecule has 22 heavy (non-hydrogen) atoms. The van der Waals surface area contributed by atoms with Crippen molar-refractivity contribution in [2.45, 2.75) is 52.9 Å². The first-order valence-corrected chi connectivity index (χ1v) is 8.13. The van der Waals surface area contributed by atoms with Crippen LogP contribution in [0.4, 0.5) is 5.82 Å². The molecule has 1 aliphatic rings. The van der Waals surface area contributed by atoms with Gasteiger partial charge in [0.25, 0.3) is 0 Å². The van der Waals surface area contributed by atoms with E-state index < -0.39 is 0 Å². The van der Waals surface area contributed by atoms with Gasteiger partial charge >= 0.3 is 0 Å². The Morgan fingerprint density at radius 2 is 2.14 bits per heavy atom. The first-order chi connectivity index (χ1) is 10.3. The van der Waals surface area contributed by atoms with Gasteiger partial charge in [0.2, 0.25) is 0 Å². The molecule has 1 fully saturated rings. The Hall–Kier alpha value is -1.77. The van der Waals surface area contributed by atoms with Crippen molar-refractivity contribution >= 4 is 5.82 Å². The van der Waals surface area contributed by atoms with Gasteiger partial charge in [0, 0.05) is 17.7 Å². The monoisotopic (exact) mass is 299 g/mol. The highest BCUT2D eigenvalue weighted by Gasteiger charge is 2.29. The number of hydrogen-bond acceptors (Lipinski definition) is 2. The predicted octanol–water partition coefficient (Wildman–Crippen LogP) is 4.98. The summed E-state index contributed by atoms with van der Waals surface area (Å²) in [6.07, 6.45) is 9.97. The molecule has 0 amide bonds. The lowest BCUT2D eigenvalue weighted by Gasteiger charge is -2.22. The summed E-state index contributed by atoms with van der Waals surface area (Å²) in [5, 5.41) is 7.13. The summed E-state index contributed by atoms with van der Waals surface area (Å²) in [6.45, 7) is 12.9. The van der Waals surface area contributed by atoms with Crippen LogP contribution in [0.15, 0.2) is 42.0 Å². The van der Waals surface area contributed by atoms with Gasteiger partial charge in [-0.2, -0.15) is 5.10 Å². The van der Waals surface area contributed by atoms with E-state index in [-0.39, 0.29) is 5.41 Å². The van der Waals surface area contributed by atoms with Gasteiger partial charge in [-0.1, -0.05) is 51.2 Å². The standard InChI is InChI=1S/C19H29N3/c1-6-7-14(10-13(2)19(3,4)5)15-8-9-16(11-15)17-12-18(20)22-21-17/h6-7,10,12,15-16H,1,8-9,11H2,2-5H3,(H3,20,21,22)/b13-10+,14-7+. The van der Waals surface area contributed by atoms with Crippen LogP contribution < -0.4 is 5.73 Å². The average molecular weight is 299 g/mol. The molecule has 0 saturated heterocycles. The van der Waals surface area contributed by atoms with Crippen molar-refractivity contribution in [3.63, 3.8) is 0 Å². The smallest absolute Gasteiger partial charge is 0.145 e. The van der Waals surface area contributed by atoms with Crippen molar-refractivity contribution in [1.29, 1.82) is 0 Å². The highest BCUT2D eigenvalue weighted by Crippen LogP contribution is 2.42. The molecule has 3 heteroatoms. The Morgan fingerprint density at radius 1 is 1.41 bits per heavy atom. The Kier molecular flexibility index (Phi) is 4.94. The number of aromatic amines is 1. The number of nitrogen functional groups attached to an aromatic ring is 1. The van der Waals surface area contributed by atoms with Crippen LogP contribution in [-0.2, 0) is 0 Å². The highest BCUT2D eigenvalue weighted by molar-refractivity contribution is 5.34. The molecule has 0 radical (unpaired) electrons. The number of anilines is 1. The Morgan fingerprint density at radius 3 is 2.68 bits per heavy atom. The molecular weight excluding hydrogens is 270 g/mol. The molecule has 2 atom stereocenters. The normalized spacial score (nSPS) is 23.8. The van der Waals surface area contributed by atoms with E-state index in [9.17, 15) is 0 Å². The molecule has 2 rings (SSSR count). The summed E-state index contributed by atoms with van der Waals surface area (Å²) < 4.78 is 0. The lowest BCUT2D eigenvalue weighted by Crippen LogP contribution is -2.08. The fourth-order valence-electron chi connectivity index (χ4n) is 3.03. The van der Waals surface area contributed by atoms with E-state index in [2.05, 4.69) is 56.6 Å². The zero-order chi connectivity index (χ0) is 16.3. The maximum Gasteiger partial charge on any atom is 0.145 e. The Balaban J connectivity index is 2.15. The summed E-state index contributed by atoms with van der Waals surface area (Å²) in [4.78, 5) is 0. The Bertz CT molecular complexity index is 584. The molecule has 1 aliphatic carbocycles. The first kappa shape index (κ1) is 16.6. The average Bonchev–Trinajstić information content (AvgIpc) is 3.05. The summed E-state index contributed by atoms with van der Waals surface area (Å²) in [5.74, 6) is 1.71. The maximum absolute atomic E-state index is 5.73. The van der Waals surface area contributed by atoms with Crippen LogP contribution in [0, 0.1) is 11.3 Å². The van der Waals surface area contributed by atoms with Crippen molar-refractivity contribution < 1.29 is 0 Å². The number of hydrogen-bond donors (Lipinski definition) is 2. The number of rotatable bonds is 4. The van der Waals surface area contributed by atoms with Crippen molar-refractivity contribution in [3.05, 3.63) is 47.7 Å². The number of nitrogens with two attached hydrogens (primary N) is 1. The molecule has 1 saturated carbocycles. The van der Waals surface area contributed by atoms with Crippen molar-refractivity contribution in [3.8, 4) is 0 Å². The van der Waals surface area contributed by atoms with E-state index in [1.165, 1.54) is 29.7 Å². The van der Waals surface area contributed by atoms with Crippen LogP contribution in [0.25, 0.3) is 0 Å². The minimum atomic E-state index is 0.204. The molecule has 3 nitrogen and oxygen atoms in total. The van der Waals surface area contributed by atoms with Gasteiger partial charge in [-0.25, -0.2) is 0 Å². The molecule has 1 aromatic heterocycles. The number of aromatic nitrogens is 2. The molecule has 1 heterocycles. The van der Waals surface area contributed by atoms with Crippen molar-refractivity contribution in [2.24, 2.45) is 11.3 Å². The number of nitrogens with zero attached hydrogens (tertiary/aromatic N) is 1. The SMILES string of the molecule is C=C/C=C(\C=C(/C)C(C)(C)C)C1CCC(c2cc(N)n[nH]2)C1. The van der Waals surface area contributed by atoms with Gasteiger partial charge < -0.3 is 5.73 Å². The molecule has 1 aromatic rings. The van der Waals surface area contributed by atoms with E-state index in [1.807, 2.05) is 12.1 Å². The van der Waals surface area contributed by atoms with Gasteiger partial charge in [0.05, 0.1) is 0 Å². The second-order valence-electron chi connectivity index (χ2n) is 7.43. The molecule has 0 aromatic carbocycles. The van der Waals surface area contributed by atoms with Crippen LogP contribution >= 0.6 is 0 Å². The van der Waals surface area contributed by atoms with E-state index in [1.54, 1.807) is 0 Å². The molecule has 0 spiro atoms. The summed E-state index contributed by atoms with van der Waals surface area (Å²) in [5.41, 5.74) is 9.92. The zero-order valence-corrected chi connectivity index (χ0v) is 14.3. The van der Waals surface area contributed by atoms with Crippen LogP contribution in [0.5, 0.6) is 0 Å². The number of nitrogens with one attached hydrogen (secondary N) is 1. The van der Waals surface area contributed by atoms with Gasteiger partial charge in [0.1, 0.15) is 5.82 Å². The zero-order valence-electron chi connectivity index (χ0n) is 14.3. The van der Waals surface area contributed by atoms with Crippen LogP contribution in [0.3, 0.4) is 0 Å². The lowest BCUT2D eigenvalue weighted by molar-refractivity contribution is 0.501. The van der Waals surface area contributed by atoms with E-state index in [0.29, 0.717) is 17.7 Å². The van der Waals surface area contributed by atoms with Gasteiger partial charge in [0.15, 0.2) is 0 Å². The van der Waals surface area contributed by atoms with Gasteiger partial charge in [-0.05, 0) is 43.1 Å². The molecule has 0 bridgehead atoms. The second kappa shape index (κ2) is 6.55. The third-order valence-corrected chi connectivity index (χ3v) is 4.84. The predicted molar refractivity (Wildman–Crippen MR) is 94.6 cm³/mol. The third-order valence-electron chi connectivity index (χ3n) is 4.84. The van der Waals surface area contributed by atoms with Crippen molar-refractivity contribution in [2.75, 3.05) is 5.73 Å². The summed E-state index contributed by atoms with van der Waals surface area (Å²) >= 11 is 0. The molecule has 3 N–H and O–H groups in total. The van der Waals surface area contributed by atoms with Crippen LogP contribution in [0.1, 0.15) is 58.6 Å². The number of allylic oxidation sites excluding steroid dienone is 5. The molecule has 2 unspecified atom stereocenters. The molecule has 120 valence electrons. The Labute approximate surface area is 134 Å². The van der Waals surface area contributed by atoms with E-state index >= 15 is 0 Å². The third kappa shape index (κ3) is 3.90. The first-order valence-electron chi connectivity index (χ1n) is 8.13. The minimum absolute atomic E-state index is 0.204. The summed E-state index contributed by atoms with van der Waals surface area (Å²) in [6, 6.07) is 1.97. The molecular formula is C19H29N3. The highest BCUT2D eigenvalue weighted by atomic mass is 15.2. The fraction of sp³-hybridized carbons (Fsp3) is 0.526. The topological polar surface area (TPSA) is 54.7 Å². The number of H-pyrrole nitrogens is 1. The van der Waals surface area contributed by atoms with E-state index in [0.717, 1.165) is 6.42 Å². The second-order valence-corrected chi connectivity index (χ2v) is 7.43. The minimum Gasteiger partial charge on any atom is -0.382 e. The van der Waals surface area contributed by atoms with Gasteiger partial charge in [-0.15, -0.1) is 0 Å². The van der Waals surface area contributed by atoms with Gasteiger partial charge in [-0.3, -0.25) is 5.10 Å². The summed E-state index contributed by atoms with van der Waals surface area (Å²) in [7, 11) is 0. The van der Waals surface area contributed by atoms with Crippen LogP contribution in [-0.4, -0.2) is 10.2 Å². The van der Waals surface area contributed by atoms with E-state index in [4.69, 9.17) is 5.73 Å². The molecule has 0 aliphatic heterocycles. The van der Waals surface area contributed by atoms with Crippen molar-refractivity contribution in [1.82, 2.24) is 10.2 Å². The fourth-order valence-corrected chi connectivity index (χ4v) is 3.03. The van der Waals surface area contributed by atoms with Crippen LogP contribution in [0.2, 0.25) is 0 Å².